The largest absolute Gasteiger partial charge is 0.493 e. The van der Waals surface area contributed by atoms with E-state index in [4.69, 9.17) is 9.15 Å². The first kappa shape index (κ1) is 12.5. The molecule has 102 valence electrons. The highest BCUT2D eigenvalue weighted by Gasteiger charge is 2.22. The van der Waals surface area contributed by atoms with E-state index in [1.165, 1.54) is 29.4 Å². The van der Waals surface area contributed by atoms with E-state index in [0.29, 0.717) is 6.04 Å². The minimum atomic E-state index is 0.696. The van der Waals surface area contributed by atoms with Crippen LogP contribution in [-0.4, -0.2) is 13.2 Å². The minimum Gasteiger partial charge on any atom is -0.493 e. The van der Waals surface area contributed by atoms with E-state index in [1.54, 1.807) is 7.11 Å². The second-order valence-electron chi connectivity index (χ2n) is 5.36. The van der Waals surface area contributed by atoms with E-state index >= 15 is 0 Å². The molecule has 1 aliphatic carbocycles. The van der Waals surface area contributed by atoms with Crippen LogP contribution in [0.3, 0.4) is 0 Å². The Kier molecular flexibility index (Phi) is 3.23. The van der Waals surface area contributed by atoms with Gasteiger partial charge in [0.2, 0.25) is 0 Å². The third-order valence-electron chi connectivity index (χ3n) is 3.79. The molecule has 0 unspecified atom stereocenters. The van der Waals surface area contributed by atoms with Crippen molar-refractivity contribution in [3.63, 3.8) is 0 Å². The lowest BCUT2D eigenvalue weighted by atomic mass is 10.1. The Labute approximate surface area is 113 Å². The molecule has 0 amide bonds. The molecule has 1 aromatic carbocycles. The van der Waals surface area contributed by atoms with Crippen molar-refractivity contribution in [2.45, 2.75) is 45.7 Å². The van der Waals surface area contributed by atoms with Crippen LogP contribution in [0.25, 0.3) is 11.0 Å². The summed E-state index contributed by atoms with van der Waals surface area (Å²) in [6.07, 6.45) is 3.58. The Hall–Kier alpha value is -1.48. The van der Waals surface area contributed by atoms with Crippen molar-refractivity contribution in [2.24, 2.45) is 0 Å². The van der Waals surface area contributed by atoms with Crippen molar-refractivity contribution >= 4 is 11.0 Å². The molecule has 1 fully saturated rings. The molecule has 1 N–H and O–H groups in total. The number of ether oxygens (including phenoxy) is 1. The maximum absolute atomic E-state index is 6.06. The molecule has 3 nitrogen and oxygen atoms in total. The minimum absolute atomic E-state index is 0.696. The van der Waals surface area contributed by atoms with Gasteiger partial charge in [-0.25, -0.2) is 0 Å². The van der Waals surface area contributed by atoms with Gasteiger partial charge < -0.3 is 14.5 Å². The summed E-state index contributed by atoms with van der Waals surface area (Å²) in [4.78, 5) is 0. The molecule has 0 atom stereocenters. The van der Waals surface area contributed by atoms with E-state index in [9.17, 15) is 0 Å². The van der Waals surface area contributed by atoms with Gasteiger partial charge in [-0.2, -0.15) is 0 Å². The zero-order valence-electron chi connectivity index (χ0n) is 11.9. The van der Waals surface area contributed by atoms with Crippen molar-refractivity contribution < 1.29 is 9.15 Å². The molecule has 3 heteroatoms. The molecule has 1 saturated carbocycles. The first-order chi connectivity index (χ1) is 9.22. The van der Waals surface area contributed by atoms with Crippen molar-refractivity contribution in [3.05, 3.63) is 29.0 Å². The average molecular weight is 259 g/mol. The number of hydrogen-bond acceptors (Lipinski definition) is 3. The number of methoxy groups -OCH3 is 1. The summed E-state index contributed by atoms with van der Waals surface area (Å²) in [5, 5.41) is 4.73. The number of benzene rings is 1. The average Bonchev–Trinajstić information content (AvgIpc) is 3.16. The summed E-state index contributed by atoms with van der Waals surface area (Å²) in [6.45, 7) is 5.10. The Balaban J connectivity index is 2.05. The number of nitrogens with one attached hydrogen (secondary N) is 1. The molecule has 19 heavy (non-hydrogen) atoms. The van der Waals surface area contributed by atoms with Crippen LogP contribution in [0.2, 0.25) is 0 Å². The van der Waals surface area contributed by atoms with Gasteiger partial charge in [0.1, 0.15) is 5.76 Å². The third kappa shape index (κ3) is 2.35. The molecule has 0 radical (unpaired) electrons. The smallest absolute Gasteiger partial charge is 0.176 e. The van der Waals surface area contributed by atoms with E-state index in [-0.39, 0.29) is 0 Å². The van der Waals surface area contributed by atoms with E-state index in [0.717, 1.165) is 30.1 Å². The summed E-state index contributed by atoms with van der Waals surface area (Å²) in [5.41, 5.74) is 3.41. The van der Waals surface area contributed by atoms with Gasteiger partial charge in [0.15, 0.2) is 11.3 Å². The van der Waals surface area contributed by atoms with Crippen LogP contribution < -0.4 is 10.1 Å². The van der Waals surface area contributed by atoms with Gasteiger partial charge in [0, 0.05) is 17.0 Å². The topological polar surface area (TPSA) is 34.4 Å². The zero-order valence-corrected chi connectivity index (χ0v) is 11.9. The lowest BCUT2D eigenvalue weighted by molar-refractivity contribution is 0.405. The highest BCUT2D eigenvalue weighted by molar-refractivity contribution is 5.88. The monoisotopic (exact) mass is 259 g/mol. The second-order valence-corrected chi connectivity index (χ2v) is 5.36. The molecule has 3 rings (SSSR count). The summed E-state index contributed by atoms with van der Waals surface area (Å²) in [6, 6.07) is 4.92. The fourth-order valence-corrected chi connectivity index (χ4v) is 2.61. The van der Waals surface area contributed by atoms with Crippen molar-refractivity contribution in [3.8, 4) is 5.75 Å². The maximum atomic E-state index is 6.06. The Morgan fingerprint density at radius 3 is 2.79 bits per heavy atom. The quantitative estimate of drug-likeness (QED) is 0.891. The summed E-state index contributed by atoms with van der Waals surface area (Å²) >= 11 is 0. The van der Waals surface area contributed by atoms with Crippen LogP contribution in [-0.2, 0) is 13.0 Å². The van der Waals surface area contributed by atoms with Gasteiger partial charge >= 0.3 is 0 Å². The van der Waals surface area contributed by atoms with Gasteiger partial charge in [-0.15, -0.1) is 0 Å². The number of fused-ring (bicyclic) bond motifs is 1. The van der Waals surface area contributed by atoms with Crippen molar-refractivity contribution in [1.29, 1.82) is 0 Å². The third-order valence-corrected chi connectivity index (χ3v) is 3.79. The molecule has 0 aliphatic heterocycles. The second kappa shape index (κ2) is 4.89. The van der Waals surface area contributed by atoms with Crippen LogP contribution in [0.15, 0.2) is 16.5 Å². The van der Waals surface area contributed by atoms with E-state index in [1.807, 2.05) is 6.07 Å². The fraction of sp³-hybridized carbons (Fsp3) is 0.500. The molecule has 1 heterocycles. The van der Waals surface area contributed by atoms with Gasteiger partial charge in [0.25, 0.3) is 0 Å². The predicted molar refractivity (Wildman–Crippen MR) is 76.7 cm³/mol. The first-order valence-corrected chi connectivity index (χ1v) is 7.05. The van der Waals surface area contributed by atoms with Crippen LogP contribution in [0.1, 0.15) is 36.7 Å². The number of furan rings is 1. The van der Waals surface area contributed by atoms with Gasteiger partial charge in [0.05, 0.1) is 13.7 Å². The highest BCUT2D eigenvalue weighted by atomic mass is 16.5. The standard InChI is InChI=1S/C16H21NO2/c1-4-12-13-7-10(2)8-14(18-3)16(13)19-15(12)9-17-11-5-6-11/h7-8,11,17H,4-6,9H2,1-3H3. The van der Waals surface area contributed by atoms with Gasteiger partial charge in [-0.3, -0.25) is 0 Å². The summed E-state index contributed by atoms with van der Waals surface area (Å²) in [5.74, 6) is 1.90. The Bertz CT molecular complexity index is 596. The van der Waals surface area contributed by atoms with Crippen LogP contribution >= 0.6 is 0 Å². The molecule has 1 aliphatic rings. The zero-order chi connectivity index (χ0) is 13.4. The van der Waals surface area contributed by atoms with Crippen molar-refractivity contribution in [2.75, 3.05) is 7.11 Å². The predicted octanol–water partition coefficient (Wildman–Crippen LogP) is 3.56. The molecule has 0 saturated heterocycles. The fourth-order valence-electron chi connectivity index (χ4n) is 2.61. The van der Waals surface area contributed by atoms with Gasteiger partial charge in [-0.1, -0.05) is 6.92 Å². The summed E-state index contributed by atoms with van der Waals surface area (Å²) < 4.78 is 11.5. The highest BCUT2D eigenvalue weighted by Crippen LogP contribution is 2.34. The summed E-state index contributed by atoms with van der Waals surface area (Å²) in [7, 11) is 1.70. The molecular weight excluding hydrogens is 238 g/mol. The SMILES string of the molecule is CCc1c(CNC2CC2)oc2c(OC)cc(C)cc12. The van der Waals surface area contributed by atoms with E-state index in [2.05, 4.69) is 25.2 Å². The lowest BCUT2D eigenvalue weighted by Crippen LogP contribution is -2.15. The number of aryl methyl sites for hydroxylation is 2. The normalized spacial score (nSPS) is 15.1. The van der Waals surface area contributed by atoms with Crippen LogP contribution in [0.4, 0.5) is 0 Å². The number of rotatable bonds is 5. The molecule has 0 bridgehead atoms. The van der Waals surface area contributed by atoms with Crippen LogP contribution in [0.5, 0.6) is 5.75 Å². The molecular formula is C16H21NO2. The molecule has 0 spiro atoms. The Morgan fingerprint density at radius 2 is 2.16 bits per heavy atom. The lowest BCUT2D eigenvalue weighted by Gasteiger charge is -2.02. The molecule has 1 aromatic heterocycles. The maximum Gasteiger partial charge on any atom is 0.176 e. The first-order valence-electron chi connectivity index (χ1n) is 7.05. The molecule has 2 aromatic rings. The Morgan fingerprint density at radius 1 is 1.37 bits per heavy atom. The van der Waals surface area contributed by atoms with Gasteiger partial charge in [-0.05, 0) is 43.9 Å². The van der Waals surface area contributed by atoms with Crippen molar-refractivity contribution in [1.82, 2.24) is 5.32 Å². The number of hydrogen-bond donors (Lipinski definition) is 1. The van der Waals surface area contributed by atoms with E-state index < -0.39 is 0 Å². The van der Waals surface area contributed by atoms with Crippen LogP contribution in [0, 0.1) is 6.92 Å².